The highest BCUT2D eigenvalue weighted by atomic mass is 16.5. The second-order valence-electron chi connectivity index (χ2n) is 11.2. The molecule has 0 radical (unpaired) electrons. The highest BCUT2D eigenvalue weighted by molar-refractivity contribution is 5.78. The molecule has 6 nitrogen and oxygen atoms in total. The molecule has 0 unspecified atom stereocenters. The van der Waals surface area contributed by atoms with E-state index in [2.05, 4.69) is 44.5 Å². The number of hydrogen-bond donors (Lipinski definition) is 1. The zero-order chi connectivity index (χ0) is 26.3. The summed E-state index contributed by atoms with van der Waals surface area (Å²) in [6.45, 7) is 6.99. The minimum atomic E-state index is -0.471. The van der Waals surface area contributed by atoms with E-state index in [4.69, 9.17) is 9.47 Å². The predicted molar refractivity (Wildman–Crippen MR) is 146 cm³/mol. The Bertz CT molecular complexity index is 783. The Kier molecular flexibility index (Phi) is 13.3. The van der Waals surface area contributed by atoms with Crippen LogP contribution in [0.15, 0.2) is 24.3 Å². The molecule has 1 amide bonds. The van der Waals surface area contributed by atoms with E-state index in [-0.39, 0.29) is 18.3 Å². The first-order chi connectivity index (χ1) is 17.3. The van der Waals surface area contributed by atoms with Crippen molar-refractivity contribution in [3.8, 4) is 5.75 Å². The molecule has 0 aromatic heterocycles. The molecule has 2 rings (SSSR count). The fourth-order valence-electron chi connectivity index (χ4n) is 4.94. The molecular weight excluding hydrogens is 452 g/mol. The highest BCUT2D eigenvalue weighted by Gasteiger charge is 2.41. The summed E-state index contributed by atoms with van der Waals surface area (Å²) in [6.07, 6.45) is 12.6. The number of esters is 1. The van der Waals surface area contributed by atoms with Crippen molar-refractivity contribution in [1.82, 2.24) is 5.32 Å². The van der Waals surface area contributed by atoms with Gasteiger partial charge in [0.25, 0.3) is 0 Å². The number of nitrogens with one attached hydrogen (secondary N) is 1. The van der Waals surface area contributed by atoms with Crippen LogP contribution >= 0.6 is 0 Å². The molecular formula is C30H51N2O4+. The van der Waals surface area contributed by atoms with Crippen LogP contribution in [-0.4, -0.2) is 62.3 Å². The summed E-state index contributed by atoms with van der Waals surface area (Å²) in [6, 6.07) is 8.46. The molecule has 1 N–H and O–H groups in total. The van der Waals surface area contributed by atoms with Gasteiger partial charge in [0.2, 0.25) is 5.91 Å². The van der Waals surface area contributed by atoms with Crippen LogP contribution in [0, 0.1) is 0 Å². The molecule has 36 heavy (non-hydrogen) atoms. The Hall–Kier alpha value is -2.08. The van der Waals surface area contributed by atoms with Crippen LogP contribution in [0.5, 0.6) is 5.75 Å². The summed E-state index contributed by atoms with van der Waals surface area (Å²) in [5.74, 6) is 0.764. The van der Waals surface area contributed by atoms with Gasteiger partial charge in [-0.2, -0.15) is 0 Å². The van der Waals surface area contributed by atoms with E-state index in [9.17, 15) is 9.59 Å². The van der Waals surface area contributed by atoms with Gasteiger partial charge >= 0.3 is 5.97 Å². The summed E-state index contributed by atoms with van der Waals surface area (Å²) >= 11 is 0. The van der Waals surface area contributed by atoms with E-state index < -0.39 is 5.54 Å². The first-order valence-corrected chi connectivity index (χ1v) is 14.3. The number of nitrogens with zero attached hydrogens (tertiary/aromatic N) is 1. The number of amides is 1. The second-order valence-corrected chi connectivity index (χ2v) is 11.2. The third-order valence-corrected chi connectivity index (χ3v) is 7.37. The number of quaternary nitrogens is 1. The molecule has 1 aromatic carbocycles. The number of likely N-dealkylation sites (tertiary alicyclic amines) is 1. The lowest BCUT2D eigenvalue weighted by Gasteiger charge is -2.44. The predicted octanol–water partition coefficient (Wildman–Crippen LogP) is 5.82. The van der Waals surface area contributed by atoms with Crippen molar-refractivity contribution in [2.45, 2.75) is 103 Å². The topological polar surface area (TPSA) is 64.6 Å². The number of aryl methyl sites for hydroxylation is 1. The van der Waals surface area contributed by atoms with Gasteiger partial charge in [0, 0.05) is 19.3 Å². The van der Waals surface area contributed by atoms with Gasteiger partial charge in [0.1, 0.15) is 5.75 Å². The average molecular weight is 504 g/mol. The van der Waals surface area contributed by atoms with Crippen LogP contribution < -0.4 is 10.1 Å². The van der Waals surface area contributed by atoms with Gasteiger partial charge in [-0.1, -0.05) is 44.7 Å². The quantitative estimate of drug-likeness (QED) is 0.165. The smallest absolute Gasteiger partial charge is 0.308 e. The number of carbonyl (C=O) groups is 2. The van der Waals surface area contributed by atoms with Crippen molar-refractivity contribution >= 4 is 11.9 Å². The average Bonchev–Trinajstić information content (AvgIpc) is 2.83. The number of benzene rings is 1. The summed E-state index contributed by atoms with van der Waals surface area (Å²) in [5, 5.41) is 3.23. The van der Waals surface area contributed by atoms with E-state index in [1.54, 1.807) is 0 Å². The SMILES string of the molecule is CCCCCCCc1cccc(OCCCCCC(=O)NC2(CC(=O)OCC)CC[N+](C)(C)CC2)c1. The Balaban J connectivity index is 1.67. The molecule has 0 bridgehead atoms. The van der Waals surface area contributed by atoms with E-state index in [0.29, 0.717) is 19.6 Å². The number of hydrogen-bond acceptors (Lipinski definition) is 4. The fraction of sp³-hybridized carbons (Fsp3) is 0.733. The molecule has 6 heteroatoms. The number of piperidine rings is 1. The minimum Gasteiger partial charge on any atom is -0.494 e. The number of carbonyl (C=O) groups excluding carboxylic acids is 2. The van der Waals surface area contributed by atoms with Crippen LogP contribution in [0.2, 0.25) is 0 Å². The molecule has 0 saturated carbocycles. The van der Waals surface area contributed by atoms with Gasteiger partial charge in [0.05, 0.1) is 52.4 Å². The van der Waals surface area contributed by atoms with Gasteiger partial charge in [-0.05, 0) is 56.7 Å². The van der Waals surface area contributed by atoms with Crippen LogP contribution in [0.4, 0.5) is 0 Å². The summed E-state index contributed by atoms with van der Waals surface area (Å²) in [7, 11) is 4.39. The van der Waals surface area contributed by atoms with Crippen LogP contribution in [0.1, 0.15) is 96.5 Å². The van der Waals surface area contributed by atoms with Crippen molar-refractivity contribution in [3.63, 3.8) is 0 Å². The molecule has 0 spiro atoms. The normalized spacial score (nSPS) is 16.3. The highest BCUT2D eigenvalue weighted by Crippen LogP contribution is 2.29. The van der Waals surface area contributed by atoms with Gasteiger partial charge in [-0.25, -0.2) is 0 Å². The van der Waals surface area contributed by atoms with Crippen LogP contribution in [0.25, 0.3) is 0 Å². The zero-order valence-corrected chi connectivity index (χ0v) is 23.4. The number of ether oxygens (including phenoxy) is 2. The first kappa shape index (κ1) is 30.1. The third kappa shape index (κ3) is 11.8. The summed E-state index contributed by atoms with van der Waals surface area (Å²) in [5.41, 5.74) is 0.878. The maximum Gasteiger partial charge on any atom is 0.308 e. The van der Waals surface area contributed by atoms with E-state index >= 15 is 0 Å². The molecule has 0 aliphatic carbocycles. The van der Waals surface area contributed by atoms with Gasteiger partial charge in [0.15, 0.2) is 0 Å². The van der Waals surface area contributed by atoms with Crippen molar-refractivity contribution < 1.29 is 23.5 Å². The van der Waals surface area contributed by atoms with E-state index in [0.717, 1.165) is 61.8 Å². The minimum absolute atomic E-state index is 0.0408. The lowest BCUT2D eigenvalue weighted by molar-refractivity contribution is -0.896. The van der Waals surface area contributed by atoms with Gasteiger partial charge < -0.3 is 19.3 Å². The Labute approximate surface area is 219 Å². The maximum atomic E-state index is 12.8. The molecule has 1 aromatic rings. The molecule has 1 fully saturated rings. The lowest BCUT2D eigenvalue weighted by atomic mass is 9.83. The largest absolute Gasteiger partial charge is 0.494 e. The van der Waals surface area contributed by atoms with Gasteiger partial charge in [-0.15, -0.1) is 0 Å². The maximum absolute atomic E-state index is 12.8. The fourth-order valence-corrected chi connectivity index (χ4v) is 4.94. The van der Waals surface area contributed by atoms with Crippen molar-refractivity contribution in [3.05, 3.63) is 29.8 Å². The lowest BCUT2D eigenvalue weighted by Crippen LogP contribution is -2.60. The van der Waals surface area contributed by atoms with Crippen LogP contribution in [0.3, 0.4) is 0 Å². The number of rotatable bonds is 17. The third-order valence-electron chi connectivity index (χ3n) is 7.37. The van der Waals surface area contributed by atoms with Crippen LogP contribution in [-0.2, 0) is 20.7 Å². The molecule has 1 saturated heterocycles. The zero-order valence-electron chi connectivity index (χ0n) is 23.4. The molecule has 1 heterocycles. The number of unbranched alkanes of at least 4 members (excludes halogenated alkanes) is 6. The second kappa shape index (κ2) is 15.9. The first-order valence-electron chi connectivity index (χ1n) is 14.3. The van der Waals surface area contributed by atoms with E-state index in [1.165, 1.54) is 37.7 Å². The summed E-state index contributed by atoms with van der Waals surface area (Å²) in [4.78, 5) is 25.0. The van der Waals surface area contributed by atoms with Gasteiger partial charge in [-0.3, -0.25) is 9.59 Å². The molecule has 204 valence electrons. The van der Waals surface area contributed by atoms with E-state index in [1.807, 2.05) is 13.0 Å². The molecule has 1 aliphatic heterocycles. The van der Waals surface area contributed by atoms with Crippen molar-refractivity contribution in [2.75, 3.05) is 40.4 Å². The Morgan fingerprint density at radius 3 is 2.42 bits per heavy atom. The summed E-state index contributed by atoms with van der Waals surface area (Å²) < 4.78 is 12.1. The van der Waals surface area contributed by atoms with Crippen molar-refractivity contribution in [1.29, 1.82) is 0 Å². The van der Waals surface area contributed by atoms with Crippen molar-refractivity contribution in [2.24, 2.45) is 0 Å². The standard InChI is InChI=1S/C30H50N2O4/c1-5-7-8-9-11-15-26-16-14-17-27(24-26)36-23-13-10-12-18-28(33)31-30(25-29(34)35-6-2)19-21-32(3,4)22-20-30/h14,16-17,24H,5-13,15,18-23,25H2,1-4H3/p+1. The molecule has 1 aliphatic rings. The molecule has 0 atom stereocenters. The monoisotopic (exact) mass is 503 g/mol. The Morgan fingerprint density at radius 1 is 0.972 bits per heavy atom. The Morgan fingerprint density at radius 2 is 1.69 bits per heavy atom.